The maximum atomic E-state index is 11.0. The maximum Gasteiger partial charge on any atom is 0.206 e. The van der Waals surface area contributed by atoms with Crippen molar-refractivity contribution in [2.75, 3.05) is 24.6 Å². The van der Waals surface area contributed by atoms with Crippen molar-refractivity contribution in [1.82, 2.24) is 9.55 Å². The quantitative estimate of drug-likeness (QED) is 0.904. The molecule has 24 heavy (non-hydrogen) atoms. The molecule has 1 saturated heterocycles. The van der Waals surface area contributed by atoms with Crippen molar-refractivity contribution < 1.29 is 10.2 Å². The molecule has 2 N–H and O–H groups in total. The third-order valence-corrected chi connectivity index (χ3v) is 6.17. The molecule has 2 aromatic rings. The Morgan fingerprint density at radius 1 is 1.29 bits per heavy atom. The van der Waals surface area contributed by atoms with Gasteiger partial charge in [-0.2, -0.15) is 0 Å². The zero-order chi connectivity index (χ0) is 16.7. The van der Waals surface area contributed by atoms with E-state index in [1.165, 1.54) is 6.42 Å². The predicted octanol–water partition coefficient (Wildman–Crippen LogP) is 2.41. The number of rotatable bonds is 4. The van der Waals surface area contributed by atoms with E-state index in [1.807, 2.05) is 18.2 Å². The average Bonchev–Trinajstić information content (AvgIpc) is 3.18. The monoisotopic (exact) mass is 329 g/mol. The van der Waals surface area contributed by atoms with Crippen molar-refractivity contribution in [3.63, 3.8) is 0 Å². The van der Waals surface area contributed by atoms with Gasteiger partial charge in [0.1, 0.15) is 0 Å². The van der Waals surface area contributed by atoms with Crippen molar-refractivity contribution in [3.05, 3.63) is 24.3 Å². The number of benzene rings is 1. The van der Waals surface area contributed by atoms with Gasteiger partial charge in [-0.3, -0.25) is 0 Å². The van der Waals surface area contributed by atoms with Crippen molar-refractivity contribution in [1.29, 1.82) is 0 Å². The van der Waals surface area contributed by atoms with Crippen LogP contribution in [-0.2, 0) is 6.54 Å². The number of imidazole rings is 1. The molecule has 0 unspecified atom stereocenters. The summed E-state index contributed by atoms with van der Waals surface area (Å²) in [6, 6.07) is 8.11. The molecule has 2 aliphatic rings. The van der Waals surface area contributed by atoms with Crippen LogP contribution < -0.4 is 4.90 Å². The summed E-state index contributed by atoms with van der Waals surface area (Å²) in [6.07, 6.45) is 4.07. The molecule has 2 fully saturated rings. The molecule has 130 valence electrons. The molecule has 3 atom stereocenters. The topological polar surface area (TPSA) is 61.5 Å². The minimum Gasteiger partial charge on any atom is -0.395 e. The van der Waals surface area contributed by atoms with Crippen LogP contribution in [0.3, 0.4) is 0 Å². The number of hydrogen-bond donors (Lipinski definition) is 2. The molecule has 1 aromatic carbocycles. The van der Waals surface area contributed by atoms with Crippen LogP contribution >= 0.6 is 0 Å². The Balaban J connectivity index is 1.70. The second-order valence-corrected chi connectivity index (χ2v) is 7.40. The fourth-order valence-electron chi connectivity index (χ4n) is 4.86. The van der Waals surface area contributed by atoms with Gasteiger partial charge in [0.15, 0.2) is 0 Å². The number of aromatic nitrogens is 2. The number of fused-ring (bicyclic) bond motifs is 2. The summed E-state index contributed by atoms with van der Waals surface area (Å²) < 4.78 is 2.12. The van der Waals surface area contributed by atoms with E-state index in [4.69, 9.17) is 4.98 Å². The standard InChI is InChI=1S/C19H27N3O2/c1-2-19(24)9-5-6-14-12-21(13-15(14)19)18-20-16-7-3-4-8-17(16)22(18)10-11-23/h3-4,7-8,14-15,23-24H,2,5-6,9-13H2,1H3/t14-,15+,19-/m0/s1. The van der Waals surface area contributed by atoms with Crippen LogP contribution in [-0.4, -0.2) is 45.1 Å². The summed E-state index contributed by atoms with van der Waals surface area (Å²) in [7, 11) is 0. The summed E-state index contributed by atoms with van der Waals surface area (Å²) >= 11 is 0. The summed E-state index contributed by atoms with van der Waals surface area (Å²) in [5, 5.41) is 20.5. The maximum absolute atomic E-state index is 11.0. The van der Waals surface area contributed by atoms with Gasteiger partial charge in [-0.05, 0) is 37.3 Å². The minimum atomic E-state index is -0.522. The van der Waals surface area contributed by atoms with E-state index in [9.17, 15) is 10.2 Å². The third kappa shape index (κ3) is 2.42. The fraction of sp³-hybridized carbons (Fsp3) is 0.632. The molecule has 5 nitrogen and oxygen atoms in total. The summed E-state index contributed by atoms with van der Waals surface area (Å²) in [5.74, 6) is 1.82. The van der Waals surface area contributed by atoms with Crippen molar-refractivity contribution in [3.8, 4) is 0 Å². The first-order chi connectivity index (χ1) is 11.7. The van der Waals surface area contributed by atoms with Gasteiger partial charge in [0.2, 0.25) is 5.95 Å². The SMILES string of the molecule is CC[C@]1(O)CCC[C@H]2CN(c3nc4ccccc4n3CCO)C[C@H]21. The highest BCUT2D eigenvalue weighted by Crippen LogP contribution is 2.45. The Bertz CT molecular complexity index is 728. The van der Waals surface area contributed by atoms with Gasteiger partial charge in [0.05, 0.1) is 23.2 Å². The minimum absolute atomic E-state index is 0.104. The number of anilines is 1. The number of para-hydroxylation sites is 2. The first kappa shape index (κ1) is 15.9. The summed E-state index contributed by atoms with van der Waals surface area (Å²) in [4.78, 5) is 7.17. The molecule has 5 heteroatoms. The number of aliphatic hydroxyl groups is 2. The van der Waals surface area contributed by atoms with Crippen LogP contribution in [0.2, 0.25) is 0 Å². The molecule has 0 spiro atoms. The first-order valence-corrected chi connectivity index (χ1v) is 9.19. The van der Waals surface area contributed by atoms with Crippen LogP contribution in [0.1, 0.15) is 32.6 Å². The Morgan fingerprint density at radius 2 is 2.12 bits per heavy atom. The lowest BCUT2D eigenvalue weighted by atomic mass is 9.69. The smallest absolute Gasteiger partial charge is 0.206 e. The molecule has 0 amide bonds. The lowest BCUT2D eigenvalue weighted by molar-refractivity contribution is -0.0597. The predicted molar refractivity (Wildman–Crippen MR) is 95.1 cm³/mol. The third-order valence-electron chi connectivity index (χ3n) is 6.17. The molecule has 0 bridgehead atoms. The van der Waals surface area contributed by atoms with E-state index in [0.29, 0.717) is 18.4 Å². The molecule has 2 heterocycles. The van der Waals surface area contributed by atoms with Crippen LogP contribution in [0.5, 0.6) is 0 Å². The Hall–Kier alpha value is -1.59. The molecule has 4 rings (SSSR count). The van der Waals surface area contributed by atoms with Crippen molar-refractivity contribution in [2.24, 2.45) is 11.8 Å². The van der Waals surface area contributed by atoms with E-state index < -0.39 is 5.60 Å². The Morgan fingerprint density at radius 3 is 2.92 bits per heavy atom. The lowest BCUT2D eigenvalue weighted by Gasteiger charge is -2.40. The zero-order valence-electron chi connectivity index (χ0n) is 14.4. The number of hydrogen-bond acceptors (Lipinski definition) is 4. The molecular weight excluding hydrogens is 302 g/mol. The molecule has 1 aliphatic heterocycles. The van der Waals surface area contributed by atoms with Gasteiger partial charge in [0.25, 0.3) is 0 Å². The van der Waals surface area contributed by atoms with E-state index in [2.05, 4.69) is 22.5 Å². The summed E-state index contributed by atoms with van der Waals surface area (Å²) in [6.45, 7) is 4.59. The highest BCUT2D eigenvalue weighted by molar-refractivity contribution is 5.78. The van der Waals surface area contributed by atoms with Gasteiger partial charge in [0, 0.05) is 25.6 Å². The number of nitrogens with zero attached hydrogens (tertiary/aromatic N) is 3. The van der Waals surface area contributed by atoms with E-state index >= 15 is 0 Å². The second-order valence-electron chi connectivity index (χ2n) is 7.40. The highest BCUT2D eigenvalue weighted by atomic mass is 16.3. The fourth-order valence-corrected chi connectivity index (χ4v) is 4.86. The normalized spacial score (nSPS) is 30.0. The van der Waals surface area contributed by atoms with Crippen molar-refractivity contribution in [2.45, 2.75) is 44.8 Å². The van der Waals surface area contributed by atoms with Gasteiger partial charge in [-0.25, -0.2) is 4.98 Å². The van der Waals surface area contributed by atoms with Crippen molar-refractivity contribution >= 4 is 17.0 Å². The van der Waals surface area contributed by atoms with E-state index in [1.54, 1.807) is 0 Å². The molecule has 1 aromatic heterocycles. The van der Waals surface area contributed by atoms with Crippen LogP contribution in [0.25, 0.3) is 11.0 Å². The average molecular weight is 329 g/mol. The van der Waals surface area contributed by atoms with Crippen LogP contribution in [0, 0.1) is 11.8 Å². The van der Waals surface area contributed by atoms with E-state index in [0.717, 1.165) is 49.3 Å². The molecular formula is C19H27N3O2. The Kier molecular flexibility index (Phi) is 4.01. The largest absolute Gasteiger partial charge is 0.395 e. The van der Waals surface area contributed by atoms with Gasteiger partial charge in [-0.15, -0.1) is 0 Å². The van der Waals surface area contributed by atoms with Gasteiger partial charge < -0.3 is 19.7 Å². The Labute approximate surface area is 142 Å². The second kappa shape index (κ2) is 6.05. The van der Waals surface area contributed by atoms with Crippen LogP contribution in [0.4, 0.5) is 5.95 Å². The van der Waals surface area contributed by atoms with Gasteiger partial charge >= 0.3 is 0 Å². The molecule has 1 aliphatic carbocycles. The first-order valence-electron chi connectivity index (χ1n) is 9.19. The van der Waals surface area contributed by atoms with E-state index in [-0.39, 0.29) is 6.61 Å². The molecule has 0 radical (unpaired) electrons. The zero-order valence-corrected chi connectivity index (χ0v) is 14.4. The van der Waals surface area contributed by atoms with Gasteiger partial charge in [-0.1, -0.05) is 25.5 Å². The summed E-state index contributed by atoms with van der Waals surface area (Å²) in [5.41, 5.74) is 1.52. The molecule has 1 saturated carbocycles. The highest BCUT2D eigenvalue weighted by Gasteiger charge is 2.48. The van der Waals surface area contributed by atoms with Crippen LogP contribution in [0.15, 0.2) is 24.3 Å². The number of aliphatic hydroxyl groups excluding tert-OH is 1. The lowest BCUT2D eigenvalue weighted by Crippen LogP contribution is -2.44.